The van der Waals surface area contributed by atoms with Gasteiger partial charge in [0.1, 0.15) is 0 Å². The van der Waals surface area contributed by atoms with E-state index in [1.807, 2.05) is 4.90 Å². The van der Waals surface area contributed by atoms with Gasteiger partial charge in [0.2, 0.25) is 0 Å². The van der Waals surface area contributed by atoms with E-state index in [2.05, 4.69) is 17.1 Å². The Labute approximate surface area is 126 Å². The number of piperazine rings is 1. The van der Waals surface area contributed by atoms with Crippen LogP contribution in [-0.4, -0.2) is 65.2 Å². The van der Waals surface area contributed by atoms with Crippen molar-refractivity contribution in [1.82, 2.24) is 15.1 Å². The SMILES string of the molecule is CC1CN2CCCCC2CN1C(=O)NCCCCC(=O)O. The summed E-state index contributed by atoms with van der Waals surface area (Å²) in [6, 6.07) is 0.772. The number of aliphatic carboxylic acids is 1. The number of hydrogen-bond donors (Lipinski definition) is 2. The Bertz CT molecular complexity index is 375. The molecule has 2 amide bonds. The van der Waals surface area contributed by atoms with Crippen LogP contribution in [0.5, 0.6) is 0 Å². The van der Waals surface area contributed by atoms with Crippen LogP contribution in [0.25, 0.3) is 0 Å². The highest BCUT2D eigenvalue weighted by Crippen LogP contribution is 2.23. The second-order valence-electron chi connectivity index (χ2n) is 6.23. The summed E-state index contributed by atoms with van der Waals surface area (Å²) in [7, 11) is 0. The molecule has 0 spiro atoms. The number of nitrogens with one attached hydrogen (secondary N) is 1. The monoisotopic (exact) mass is 297 g/mol. The van der Waals surface area contributed by atoms with E-state index in [0.29, 0.717) is 19.0 Å². The Kier molecular flexibility index (Phi) is 5.85. The predicted octanol–water partition coefficient (Wildman–Crippen LogP) is 1.51. The number of carboxylic acid groups (broad SMARTS) is 1. The molecule has 0 aliphatic carbocycles. The van der Waals surface area contributed by atoms with E-state index in [1.54, 1.807) is 0 Å². The summed E-state index contributed by atoms with van der Waals surface area (Å²) >= 11 is 0. The number of urea groups is 1. The van der Waals surface area contributed by atoms with Gasteiger partial charge in [0, 0.05) is 38.1 Å². The third kappa shape index (κ3) is 4.59. The van der Waals surface area contributed by atoms with Gasteiger partial charge in [-0.1, -0.05) is 6.42 Å². The van der Waals surface area contributed by atoms with Gasteiger partial charge in [0.05, 0.1) is 0 Å². The van der Waals surface area contributed by atoms with Crippen LogP contribution in [0.15, 0.2) is 0 Å². The molecule has 0 radical (unpaired) electrons. The summed E-state index contributed by atoms with van der Waals surface area (Å²) in [4.78, 5) is 27.1. The van der Waals surface area contributed by atoms with Crippen LogP contribution in [0.1, 0.15) is 45.4 Å². The number of rotatable bonds is 5. The highest BCUT2D eigenvalue weighted by molar-refractivity contribution is 5.74. The average molecular weight is 297 g/mol. The Morgan fingerprint density at radius 1 is 1.24 bits per heavy atom. The van der Waals surface area contributed by atoms with Gasteiger partial charge in [-0.05, 0) is 39.2 Å². The van der Waals surface area contributed by atoms with Crippen molar-refractivity contribution >= 4 is 12.0 Å². The van der Waals surface area contributed by atoms with E-state index >= 15 is 0 Å². The molecule has 2 saturated heterocycles. The highest BCUT2D eigenvalue weighted by Gasteiger charge is 2.34. The molecule has 6 nitrogen and oxygen atoms in total. The van der Waals surface area contributed by atoms with E-state index in [1.165, 1.54) is 25.8 Å². The molecule has 2 N–H and O–H groups in total. The van der Waals surface area contributed by atoms with E-state index in [-0.39, 0.29) is 18.5 Å². The zero-order chi connectivity index (χ0) is 15.2. The third-order valence-electron chi connectivity index (χ3n) is 4.54. The molecule has 2 fully saturated rings. The first-order valence-electron chi connectivity index (χ1n) is 8.08. The van der Waals surface area contributed by atoms with Gasteiger partial charge in [-0.2, -0.15) is 0 Å². The minimum Gasteiger partial charge on any atom is -0.481 e. The zero-order valence-corrected chi connectivity index (χ0v) is 12.9. The van der Waals surface area contributed by atoms with Crippen LogP contribution in [-0.2, 0) is 4.79 Å². The van der Waals surface area contributed by atoms with Crippen molar-refractivity contribution < 1.29 is 14.7 Å². The summed E-state index contributed by atoms with van der Waals surface area (Å²) in [5.41, 5.74) is 0. The minimum absolute atomic E-state index is 0.00282. The first kappa shape index (κ1) is 16.1. The normalized spacial score (nSPS) is 26.2. The number of fused-ring (bicyclic) bond motifs is 1. The maximum absolute atomic E-state index is 12.3. The average Bonchev–Trinajstić information content (AvgIpc) is 2.45. The summed E-state index contributed by atoms with van der Waals surface area (Å²) in [5, 5.41) is 11.5. The molecule has 120 valence electrons. The molecule has 2 rings (SSSR count). The third-order valence-corrected chi connectivity index (χ3v) is 4.54. The summed E-state index contributed by atoms with van der Waals surface area (Å²) in [6.45, 7) is 5.62. The summed E-state index contributed by atoms with van der Waals surface area (Å²) in [6.07, 6.45) is 5.23. The van der Waals surface area contributed by atoms with Gasteiger partial charge < -0.3 is 15.3 Å². The number of hydrogen-bond acceptors (Lipinski definition) is 3. The van der Waals surface area contributed by atoms with E-state index in [0.717, 1.165) is 19.5 Å². The second kappa shape index (κ2) is 7.64. The van der Waals surface area contributed by atoms with Crippen molar-refractivity contribution in [3.63, 3.8) is 0 Å². The summed E-state index contributed by atoms with van der Waals surface area (Å²) < 4.78 is 0. The maximum Gasteiger partial charge on any atom is 0.317 e. The number of unbranched alkanes of at least 4 members (excludes halogenated alkanes) is 1. The smallest absolute Gasteiger partial charge is 0.317 e. The van der Waals surface area contributed by atoms with E-state index in [4.69, 9.17) is 5.11 Å². The molecule has 6 heteroatoms. The molecule has 0 bridgehead atoms. The lowest BCUT2D eigenvalue weighted by atomic mass is 9.97. The predicted molar refractivity (Wildman–Crippen MR) is 80.3 cm³/mol. The van der Waals surface area contributed by atoms with Crippen LogP contribution in [0.3, 0.4) is 0 Å². The lowest BCUT2D eigenvalue weighted by Gasteiger charge is -2.47. The van der Waals surface area contributed by atoms with Crippen LogP contribution in [0.2, 0.25) is 0 Å². The van der Waals surface area contributed by atoms with Crippen molar-refractivity contribution in [2.45, 2.75) is 57.5 Å². The molecule has 2 unspecified atom stereocenters. The molecule has 21 heavy (non-hydrogen) atoms. The van der Waals surface area contributed by atoms with Crippen LogP contribution >= 0.6 is 0 Å². The van der Waals surface area contributed by atoms with Crippen LogP contribution in [0.4, 0.5) is 4.79 Å². The molecule has 0 aromatic carbocycles. The molecule has 0 aromatic rings. The van der Waals surface area contributed by atoms with Crippen molar-refractivity contribution in [3.05, 3.63) is 0 Å². The number of carbonyl (C=O) groups excluding carboxylic acids is 1. The van der Waals surface area contributed by atoms with Crippen molar-refractivity contribution in [1.29, 1.82) is 0 Å². The topological polar surface area (TPSA) is 72.9 Å². The van der Waals surface area contributed by atoms with Crippen molar-refractivity contribution in [2.75, 3.05) is 26.2 Å². The molecule has 2 aliphatic heterocycles. The minimum atomic E-state index is -0.775. The van der Waals surface area contributed by atoms with Gasteiger partial charge in [0.25, 0.3) is 0 Å². The molecule has 2 aliphatic rings. The number of carboxylic acids is 1. The van der Waals surface area contributed by atoms with Crippen LogP contribution < -0.4 is 5.32 Å². The van der Waals surface area contributed by atoms with Gasteiger partial charge in [-0.25, -0.2) is 4.79 Å². The molecule has 0 saturated carbocycles. The molecule has 2 atom stereocenters. The van der Waals surface area contributed by atoms with Gasteiger partial charge in [0.15, 0.2) is 0 Å². The Morgan fingerprint density at radius 2 is 2.05 bits per heavy atom. The number of piperidine rings is 1. The fraction of sp³-hybridized carbons (Fsp3) is 0.867. The van der Waals surface area contributed by atoms with Gasteiger partial charge in [-0.15, -0.1) is 0 Å². The lowest BCUT2D eigenvalue weighted by Crippen LogP contribution is -2.61. The Morgan fingerprint density at radius 3 is 2.81 bits per heavy atom. The molecular formula is C15H27N3O3. The Balaban J connectivity index is 1.72. The van der Waals surface area contributed by atoms with Gasteiger partial charge >= 0.3 is 12.0 Å². The highest BCUT2D eigenvalue weighted by atomic mass is 16.4. The van der Waals surface area contributed by atoms with E-state index in [9.17, 15) is 9.59 Å². The standard InChI is InChI=1S/C15H27N3O3/c1-12-10-17-9-5-3-6-13(17)11-18(12)15(21)16-8-4-2-7-14(19)20/h12-13H,2-11H2,1H3,(H,16,21)(H,19,20). The Hall–Kier alpha value is -1.30. The quantitative estimate of drug-likeness (QED) is 0.755. The van der Waals surface area contributed by atoms with Crippen molar-refractivity contribution in [2.24, 2.45) is 0 Å². The number of nitrogens with zero attached hydrogens (tertiary/aromatic N) is 2. The molecule has 2 heterocycles. The molecule has 0 aromatic heterocycles. The van der Waals surface area contributed by atoms with Crippen LogP contribution in [0, 0.1) is 0 Å². The summed E-state index contributed by atoms with van der Waals surface area (Å²) in [5.74, 6) is -0.775. The second-order valence-corrected chi connectivity index (χ2v) is 6.23. The first-order chi connectivity index (χ1) is 10.1. The number of amides is 2. The molecular weight excluding hydrogens is 270 g/mol. The fourth-order valence-electron chi connectivity index (χ4n) is 3.33. The largest absolute Gasteiger partial charge is 0.481 e. The lowest BCUT2D eigenvalue weighted by molar-refractivity contribution is -0.137. The first-order valence-corrected chi connectivity index (χ1v) is 8.08. The maximum atomic E-state index is 12.3. The number of carbonyl (C=O) groups is 2. The van der Waals surface area contributed by atoms with Gasteiger partial charge in [-0.3, -0.25) is 9.69 Å². The zero-order valence-electron chi connectivity index (χ0n) is 12.9. The fourth-order valence-corrected chi connectivity index (χ4v) is 3.33. The van der Waals surface area contributed by atoms with E-state index < -0.39 is 5.97 Å². The van der Waals surface area contributed by atoms with Crippen molar-refractivity contribution in [3.8, 4) is 0 Å².